The van der Waals surface area contributed by atoms with Gasteiger partial charge in [0.25, 0.3) is 0 Å². The number of carboxylic acids is 1. The lowest BCUT2D eigenvalue weighted by atomic mass is 10.0. The Morgan fingerprint density at radius 2 is 0.986 bits per heavy atom. The van der Waals surface area contributed by atoms with Gasteiger partial charge in [-0.25, -0.2) is 31.1 Å². The van der Waals surface area contributed by atoms with E-state index in [0.717, 1.165) is 38.5 Å². The summed E-state index contributed by atoms with van der Waals surface area (Å²) in [6.07, 6.45) is 16.1. The van der Waals surface area contributed by atoms with Gasteiger partial charge in [-0.2, -0.15) is 0 Å². The number of amides is 2. The van der Waals surface area contributed by atoms with Crippen LogP contribution in [-0.4, -0.2) is 158 Å². The number of hydrogen-bond acceptors (Lipinski definition) is 13. The maximum Gasteiger partial charge on any atom is 0.329 e. The maximum atomic E-state index is 13.0. The molecule has 0 aliphatic heterocycles. The second-order valence-corrected chi connectivity index (χ2v) is 24.3. The van der Waals surface area contributed by atoms with Crippen molar-refractivity contribution in [2.75, 3.05) is 84.8 Å². The van der Waals surface area contributed by atoms with E-state index in [0.29, 0.717) is 43.6 Å². The number of esters is 2. The van der Waals surface area contributed by atoms with Crippen molar-refractivity contribution in [2.24, 2.45) is 0 Å². The van der Waals surface area contributed by atoms with Crippen LogP contribution in [0.1, 0.15) is 176 Å². The van der Waals surface area contributed by atoms with Gasteiger partial charge in [0.1, 0.15) is 23.8 Å². The molecule has 0 aliphatic rings. The van der Waals surface area contributed by atoms with Crippen LogP contribution in [0.5, 0.6) is 0 Å². The largest absolute Gasteiger partial charge is 0.481 e. The second-order valence-electron chi connectivity index (χ2n) is 20.5. The van der Waals surface area contributed by atoms with E-state index in [1.807, 2.05) is 34.9 Å². The topological polar surface area (TPSA) is 259 Å². The van der Waals surface area contributed by atoms with Gasteiger partial charge >= 0.3 is 17.9 Å². The van der Waals surface area contributed by atoms with Crippen LogP contribution in [0.2, 0.25) is 0 Å². The number of nitrogens with one attached hydrogen (secondary N) is 4. The van der Waals surface area contributed by atoms with E-state index in [1.165, 1.54) is 44.9 Å². The zero-order chi connectivity index (χ0) is 52.2. The fraction of sp³-hybridized carbons (Fsp3) is 0.896. The Bertz CT molecular complexity index is 1670. The van der Waals surface area contributed by atoms with Crippen molar-refractivity contribution in [2.45, 2.75) is 194 Å². The molecule has 0 aliphatic carbocycles. The minimum Gasteiger partial charge on any atom is -0.481 e. The molecule has 0 aromatic rings. The van der Waals surface area contributed by atoms with Crippen LogP contribution in [0.25, 0.3) is 0 Å². The standard InChI is InChI=1S/C48H93N5O14S2/c1-47(2,3)66-45(58)26-22-20-18-16-14-12-10-9-11-13-15-17-19-21-25-43(55)52-41(46(59)67-48(4,5)6)27-28-42(54)49-30-23-39-68(60,61)50-31-24-40-69(62,63)51-32-33-53(7,8)34-36-65-38-37-64-35-29-44(56)57/h41,50-51H,9-40H2,1-8H3,(H2-,49,52,54,55,56,57)/p+1/t41-/m0/s1. The minimum atomic E-state index is -3.73. The van der Waals surface area contributed by atoms with E-state index < -0.39 is 55.1 Å². The summed E-state index contributed by atoms with van der Waals surface area (Å²) in [5.41, 5.74) is -1.21. The Labute approximate surface area is 416 Å². The molecular formula is C48H94N5O14S2+. The molecule has 0 bridgehead atoms. The lowest BCUT2D eigenvalue weighted by Crippen LogP contribution is -2.47. The smallest absolute Gasteiger partial charge is 0.329 e. The first-order valence-corrected chi connectivity index (χ1v) is 28.7. The molecule has 0 rings (SSSR count). The number of ether oxygens (including phenoxy) is 4. The third kappa shape index (κ3) is 44.7. The van der Waals surface area contributed by atoms with Crippen LogP contribution < -0.4 is 20.1 Å². The number of rotatable bonds is 44. The zero-order valence-electron chi connectivity index (χ0n) is 43.7. The van der Waals surface area contributed by atoms with Crippen molar-refractivity contribution in [3.05, 3.63) is 0 Å². The summed E-state index contributed by atoms with van der Waals surface area (Å²) < 4.78 is 77.0. The first-order valence-electron chi connectivity index (χ1n) is 25.4. The molecule has 0 radical (unpaired) electrons. The number of carboxylic acid groups (broad SMARTS) is 1. The van der Waals surface area contributed by atoms with E-state index >= 15 is 0 Å². The highest BCUT2D eigenvalue weighted by molar-refractivity contribution is 7.89. The van der Waals surface area contributed by atoms with E-state index in [9.17, 15) is 40.8 Å². The number of hydrogen-bond donors (Lipinski definition) is 5. The molecule has 0 aromatic heterocycles. The van der Waals surface area contributed by atoms with Crippen molar-refractivity contribution in [1.82, 2.24) is 20.1 Å². The Kier molecular flexibility index (Phi) is 35.3. The SMILES string of the molecule is CC(C)(C)OC(=O)CCCCCCCCCCCCCCCCC(=O)N[C@@H](CCC(=O)NCCCS(=O)(=O)NCCCS(=O)(=O)NCC[N+](C)(C)CCOCCOCCC(=O)O)C(=O)OC(C)(C)C. The van der Waals surface area contributed by atoms with Gasteiger partial charge in [-0.05, 0) is 73.6 Å². The van der Waals surface area contributed by atoms with Gasteiger partial charge < -0.3 is 39.2 Å². The van der Waals surface area contributed by atoms with Crippen molar-refractivity contribution in [3.63, 3.8) is 0 Å². The van der Waals surface area contributed by atoms with E-state index in [1.54, 1.807) is 20.8 Å². The summed E-state index contributed by atoms with van der Waals surface area (Å²) in [7, 11) is -3.50. The Morgan fingerprint density at radius 3 is 1.49 bits per heavy atom. The molecule has 0 heterocycles. The molecule has 69 heavy (non-hydrogen) atoms. The highest BCUT2D eigenvalue weighted by Gasteiger charge is 2.27. The zero-order valence-corrected chi connectivity index (χ0v) is 45.4. The predicted octanol–water partition coefficient (Wildman–Crippen LogP) is 5.50. The van der Waals surface area contributed by atoms with Crippen molar-refractivity contribution >= 4 is 49.8 Å². The Morgan fingerprint density at radius 1 is 0.522 bits per heavy atom. The van der Waals surface area contributed by atoms with Gasteiger partial charge in [0.2, 0.25) is 31.9 Å². The maximum absolute atomic E-state index is 13.0. The monoisotopic (exact) mass is 1030 g/mol. The molecule has 0 saturated heterocycles. The molecule has 0 saturated carbocycles. The Hall–Kier alpha value is -2.95. The third-order valence-corrected chi connectivity index (χ3v) is 13.6. The number of nitrogens with zero attached hydrogens (tertiary/aromatic N) is 1. The third-order valence-electron chi connectivity index (χ3n) is 10.7. The summed E-state index contributed by atoms with van der Waals surface area (Å²) in [6, 6.07) is -1.01. The molecule has 0 fully saturated rings. The van der Waals surface area contributed by atoms with Crippen LogP contribution in [0, 0.1) is 0 Å². The molecule has 2 amide bonds. The lowest BCUT2D eigenvalue weighted by molar-refractivity contribution is -0.889. The number of unbranched alkanes of at least 4 members (excludes halogenated alkanes) is 13. The van der Waals surface area contributed by atoms with Gasteiger partial charge in [-0.1, -0.05) is 77.0 Å². The number of carbonyl (C=O) groups excluding carboxylic acids is 4. The average molecular weight is 1030 g/mol. The summed E-state index contributed by atoms with van der Waals surface area (Å²) >= 11 is 0. The van der Waals surface area contributed by atoms with Crippen LogP contribution in [0.3, 0.4) is 0 Å². The fourth-order valence-corrected chi connectivity index (χ4v) is 9.05. The van der Waals surface area contributed by atoms with Crippen molar-refractivity contribution in [1.29, 1.82) is 0 Å². The van der Waals surface area contributed by atoms with E-state index in [4.69, 9.17) is 24.1 Å². The number of quaternary nitrogens is 1. The first-order chi connectivity index (χ1) is 32.2. The second kappa shape index (κ2) is 36.9. The van der Waals surface area contributed by atoms with Crippen LogP contribution in [0.15, 0.2) is 0 Å². The molecule has 1 atom stereocenters. The summed E-state index contributed by atoms with van der Waals surface area (Å²) in [6.45, 7) is 13.3. The first kappa shape index (κ1) is 66.0. The highest BCUT2D eigenvalue weighted by Crippen LogP contribution is 2.16. The summed E-state index contributed by atoms with van der Waals surface area (Å²) in [5.74, 6) is -2.90. The quantitative estimate of drug-likeness (QED) is 0.0287. The van der Waals surface area contributed by atoms with Gasteiger partial charge in [0.15, 0.2) is 0 Å². The van der Waals surface area contributed by atoms with Gasteiger partial charge in [-0.15, -0.1) is 0 Å². The number of aliphatic carboxylic acids is 1. The van der Waals surface area contributed by atoms with Gasteiger partial charge in [0, 0.05) is 32.4 Å². The lowest BCUT2D eigenvalue weighted by Gasteiger charge is -2.29. The number of carbonyl (C=O) groups is 5. The fourth-order valence-electron chi connectivity index (χ4n) is 6.85. The van der Waals surface area contributed by atoms with Gasteiger partial charge in [-0.3, -0.25) is 19.2 Å². The molecule has 19 nitrogen and oxygen atoms in total. The molecule has 0 spiro atoms. The Balaban J connectivity index is 4.28. The van der Waals surface area contributed by atoms with Crippen LogP contribution in [-0.2, 0) is 63.0 Å². The molecule has 21 heteroatoms. The van der Waals surface area contributed by atoms with Crippen molar-refractivity contribution < 1.29 is 69.3 Å². The van der Waals surface area contributed by atoms with Gasteiger partial charge in [0.05, 0.1) is 71.5 Å². The molecule has 0 unspecified atom stereocenters. The summed E-state index contributed by atoms with van der Waals surface area (Å²) in [5, 5.41) is 14.0. The summed E-state index contributed by atoms with van der Waals surface area (Å²) in [4.78, 5) is 60.7. The number of likely N-dealkylation sites (N-methyl/N-ethyl adjacent to an activating group) is 1. The normalized spacial score (nSPS) is 12.9. The van der Waals surface area contributed by atoms with Crippen LogP contribution >= 0.6 is 0 Å². The highest BCUT2D eigenvalue weighted by atomic mass is 32.2. The number of sulfonamides is 2. The molecular weight excluding hydrogens is 935 g/mol. The molecule has 406 valence electrons. The predicted molar refractivity (Wildman–Crippen MR) is 268 cm³/mol. The average Bonchev–Trinajstić information content (AvgIpc) is 3.21. The van der Waals surface area contributed by atoms with E-state index in [2.05, 4.69) is 20.1 Å². The van der Waals surface area contributed by atoms with E-state index in [-0.39, 0.29) is 94.8 Å². The van der Waals surface area contributed by atoms with Crippen molar-refractivity contribution in [3.8, 4) is 0 Å². The molecule has 0 aromatic carbocycles. The minimum absolute atomic E-state index is 0.0158. The molecule has 5 N–H and O–H groups in total. The van der Waals surface area contributed by atoms with Crippen LogP contribution in [0.4, 0.5) is 0 Å².